The van der Waals surface area contributed by atoms with Crippen molar-refractivity contribution >= 4 is 52.1 Å². The first-order valence-corrected chi connectivity index (χ1v) is 6.64. The molecule has 20 heavy (non-hydrogen) atoms. The van der Waals surface area contributed by atoms with Crippen molar-refractivity contribution < 1.29 is 4.79 Å². The number of aromatic nitrogens is 2. The minimum atomic E-state index is -0.396. The molecule has 1 amide bonds. The van der Waals surface area contributed by atoms with Gasteiger partial charge in [0.2, 0.25) is 0 Å². The van der Waals surface area contributed by atoms with Crippen LogP contribution < -0.4 is 11.1 Å². The molecule has 0 radical (unpaired) electrons. The SMILES string of the molecule is Cn1ncc(C(N)=S)c1NC(=O)c1ccc(Cl)cc1Cl. The predicted octanol–water partition coefficient (Wildman–Crippen LogP) is 2.61. The number of hydrogen-bond donors (Lipinski definition) is 2. The van der Waals surface area contributed by atoms with Gasteiger partial charge in [0, 0.05) is 12.1 Å². The summed E-state index contributed by atoms with van der Waals surface area (Å²) in [5.41, 5.74) is 6.36. The van der Waals surface area contributed by atoms with Gasteiger partial charge in [0.15, 0.2) is 0 Å². The zero-order valence-corrected chi connectivity index (χ0v) is 12.7. The van der Waals surface area contributed by atoms with Crippen molar-refractivity contribution in [2.24, 2.45) is 12.8 Å². The van der Waals surface area contributed by atoms with Gasteiger partial charge in [-0.2, -0.15) is 5.10 Å². The highest BCUT2D eigenvalue weighted by atomic mass is 35.5. The molecule has 0 saturated heterocycles. The van der Waals surface area contributed by atoms with Gasteiger partial charge in [-0.15, -0.1) is 0 Å². The fourth-order valence-corrected chi connectivity index (χ4v) is 2.26. The van der Waals surface area contributed by atoms with E-state index in [0.717, 1.165) is 0 Å². The van der Waals surface area contributed by atoms with Crippen molar-refractivity contribution in [1.29, 1.82) is 0 Å². The summed E-state index contributed by atoms with van der Waals surface area (Å²) in [7, 11) is 1.67. The van der Waals surface area contributed by atoms with Gasteiger partial charge in [0.25, 0.3) is 5.91 Å². The molecule has 0 spiro atoms. The number of carbonyl (C=O) groups is 1. The number of rotatable bonds is 3. The Bertz CT molecular complexity index is 699. The number of nitrogens with zero attached hydrogens (tertiary/aromatic N) is 2. The number of nitrogens with two attached hydrogens (primary N) is 1. The number of aryl methyl sites for hydroxylation is 1. The van der Waals surface area contributed by atoms with E-state index in [-0.39, 0.29) is 10.0 Å². The predicted molar refractivity (Wildman–Crippen MR) is 83.5 cm³/mol. The molecule has 2 aromatic rings. The lowest BCUT2D eigenvalue weighted by Gasteiger charge is -2.09. The molecule has 104 valence electrons. The van der Waals surface area contributed by atoms with Crippen LogP contribution in [-0.2, 0) is 7.05 Å². The van der Waals surface area contributed by atoms with E-state index in [1.165, 1.54) is 23.0 Å². The number of anilines is 1. The van der Waals surface area contributed by atoms with Gasteiger partial charge < -0.3 is 11.1 Å². The van der Waals surface area contributed by atoms with E-state index in [4.69, 9.17) is 41.2 Å². The molecule has 8 heteroatoms. The Balaban J connectivity index is 2.33. The Morgan fingerprint density at radius 1 is 1.40 bits per heavy atom. The molecule has 0 aliphatic rings. The Morgan fingerprint density at radius 2 is 2.10 bits per heavy atom. The third-order valence-corrected chi connectivity index (χ3v) is 3.38. The van der Waals surface area contributed by atoms with E-state index < -0.39 is 5.91 Å². The summed E-state index contributed by atoms with van der Waals surface area (Å²) in [5, 5.41) is 7.40. The number of hydrogen-bond acceptors (Lipinski definition) is 3. The minimum Gasteiger partial charge on any atom is -0.389 e. The van der Waals surface area contributed by atoms with Gasteiger partial charge in [-0.05, 0) is 18.2 Å². The standard InChI is InChI=1S/C12H10Cl2N4OS/c1-18-11(8(5-16-18)10(15)20)17-12(19)7-3-2-6(13)4-9(7)14/h2-5H,1H3,(H2,15,20)(H,17,19). The molecule has 0 saturated carbocycles. The topological polar surface area (TPSA) is 72.9 Å². The molecular formula is C12H10Cl2N4OS. The fourth-order valence-electron chi connectivity index (χ4n) is 1.61. The smallest absolute Gasteiger partial charge is 0.258 e. The van der Waals surface area contributed by atoms with Crippen LogP contribution in [0.5, 0.6) is 0 Å². The Morgan fingerprint density at radius 3 is 2.70 bits per heavy atom. The number of nitrogens with one attached hydrogen (secondary N) is 1. The van der Waals surface area contributed by atoms with Crippen molar-refractivity contribution in [1.82, 2.24) is 9.78 Å². The van der Waals surface area contributed by atoms with E-state index in [2.05, 4.69) is 10.4 Å². The zero-order valence-electron chi connectivity index (χ0n) is 10.4. The molecule has 0 unspecified atom stereocenters. The van der Waals surface area contributed by atoms with E-state index >= 15 is 0 Å². The summed E-state index contributed by atoms with van der Waals surface area (Å²) in [5.74, 6) is 0.0151. The Labute approximate surface area is 130 Å². The minimum absolute atomic E-state index is 0.149. The lowest BCUT2D eigenvalue weighted by molar-refractivity contribution is 0.102. The summed E-state index contributed by atoms with van der Waals surface area (Å²) < 4.78 is 1.47. The first-order chi connectivity index (χ1) is 9.40. The van der Waals surface area contributed by atoms with Gasteiger partial charge in [-0.25, -0.2) is 0 Å². The van der Waals surface area contributed by atoms with Crippen LogP contribution in [0.3, 0.4) is 0 Å². The van der Waals surface area contributed by atoms with Gasteiger partial charge in [0.1, 0.15) is 10.8 Å². The van der Waals surface area contributed by atoms with Gasteiger partial charge >= 0.3 is 0 Å². The second kappa shape index (κ2) is 5.78. The van der Waals surface area contributed by atoms with E-state index in [0.29, 0.717) is 22.0 Å². The lowest BCUT2D eigenvalue weighted by atomic mass is 10.2. The van der Waals surface area contributed by atoms with Crippen LogP contribution in [0.25, 0.3) is 0 Å². The van der Waals surface area contributed by atoms with Crippen LogP contribution in [-0.4, -0.2) is 20.7 Å². The molecule has 0 fully saturated rings. The number of halogens is 2. The summed E-state index contributed by atoms with van der Waals surface area (Å²) in [6, 6.07) is 4.62. The third-order valence-electron chi connectivity index (χ3n) is 2.61. The maximum atomic E-state index is 12.2. The first kappa shape index (κ1) is 14.8. The van der Waals surface area contributed by atoms with E-state index in [1.807, 2.05) is 0 Å². The van der Waals surface area contributed by atoms with Crippen LogP contribution in [0.2, 0.25) is 10.0 Å². The number of thiocarbonyl (C=S) groups is 1. The lowest BCUT2D eigenvalue weighted by Crippen LogP contribution is -2.19. The molecule has 0 aliphatic heterocycles. The van der Waals surface area contributed by atoms with Gasteiger partial charge in [-0.1, -0.05) is 35.4 Å². The average molecular weight is 329 g/mol. The number of benzene rings is 1. The zero-order chi connectivity index (χ0) is 14.9. The number of carbonyl (C=O) groups excluding carboxylic acids is 1. The van der Waals surface area contributed by atoms with Crippen molar-refractivity contribution in [3.05, 3.63) is 45.6 Å². The normalized spacial score (nSPS) is 10.3. The van der Waals surface area contributed by atoms with Gasteiger partial charge in [-0.3, -0.25) is 9.48 Å². The van der Waals surface area contributed by atoms with Crippen LogP contribution in [0.1, 0.15) is 15.9 Å². The van der Waals surface area contributed by atoms with Crippen molar-refractivity contribution in [2.45, 2.75) is 0 Å². The summed E-state index contributed by atoms with van der Waals surface area (Å²) >= 11 is 16.7. The highest BCUT2D eigenvalue weighted by molar-refractivity contribution is 7.80. The quantitative estimate of drug-likeness (QED) is 0.849. The Hall–Kier alpha value is -1.63. The Kier molecular flexibility index (Phi) is 4.27. The van der Waals surface area contributed by atoms with Crippen LogP contribution in [0.4, 0.5) is 5.82 Å². The van der Waals surface area contributed by atoms with Crippen LogP contribution in [0, 0.1) is 0 Å². The third kappa shape index (κ3) is 2.92. The number of amides is 1. The largest absolute Gasteiger partial charge is 0.389 e. The van der Waals surface area contributed by atoms with Gasteiger partial charge in [0.05, 0.1) is 22.3 Å². The van der Waals surface area contributed by atoms with Crippen molar-refractivity contribution in [3.8, 4) is 0 Å². The molecular weight excluding hydrogens is 319 g/mol. The summed E-state index contributed by atoms with van der Waals surface area (Å²) in [6.07, 6.45) is 1.49. The van der Waals surface area contributed by atoms with E-state index in [9.17, 15) is 4.79 Å². The molecule has 1 heterocycles. The molecule has 2 rings (SSSR count). The van der Waals surface area contributed by atoms with E-state index in [1.54, 1.807) is 13.1 Å². The second-order valence-electron chi connectivity index (χ2n) is 3.97. The second-order valence-corrected chi connectivity index (χ2v) is 5.26. The summed E-state index contributed by atoms with van der Waals surface area (Å²) in [6.45, 7) is 0. The molecule has 1 aromatic heterocycles. The van der Waals surface area contributed by atoms with Crippen LogP contribution >= 0.6 is 35.4 Å². The molecule has 0 atom stereocenters. The monoisotopic (exact) mass is 328 g/mol. The summed E-state index contributed by atoms with van der Waals surface area (Å²) in [4.78, 5) is 12.4. The first-order valence-electron chi connectivity index (χ1n) is 5.48. The van der Waals surface area contributed by atoms with Crippen LogP contribution in [0.15, 0.2) is 24.4 Å². The van der Waals surface area contributed by atoms with Crippen molar-refractivity contribution in [3.63, 3.8) is 0 Å². The highest BCUT2D eigenvalue weighted by Gasteiger charge is 2.16. The average Bonchev–Trinajstić information content (AvgIpc) is 2.71. The molecule has 5 nitrogen and oxygen atoms in total. The molecule has 0 aliphatic carbocycles. The highest BCUT2D eigenvalue weighted by Crippen LogP contribution is 2.23. The maximum Gasteiger partial charge on any atom is 0.258 e. The molecule has 1 aromatic carbocycles. The van der Waals surface area contributed by atoms with Crippen molar-refractivity contribution in [2.75, 3.05) is 5.32 Å². The maximum absolute atomic E-state index is 12.2. The fraction of sp³-hybridized carbons (Fsp3) is 0.0833. The molecule has 0 bridgehead atoms. The molecule has 3 N–H and O–H groups in total.